The van der Waals surface area contributed by atoms with E-state index >= 15 is 0 Å². The molecule has 0 bridgehead atoms. The average Bonchev–Trinajstić information content (AvgIpc) is 3.54. The Labute approximate surface area is 287 Å². The van der Waals surface area contributed by atoms with Gasteiger partial charge < -0.3 is 25.8 Å². The maximum absolute atomic E-state index is 14.3. The van der Waals surface area contributed by atoms with Crippen LogP contribution in [0.25, 0.3) is 0 Å². The minimum absolute atomic E-state index is 0.0244. The number of nitrogens with zero attached hydrogens (tertiary/aromatic N) is 2. The van der Waals surface area contributed by atoms with Crippen molar-refractivity contribution in [3.63, 3.8) is 0 Å². The normalized spacial score (nSPS) is 17.4. The molecule has 2 aromatic carbocycles. The molecule has 0 aromatic heterocycles. The average molecular weight is 660 g/mol. The van der Waals surface area contributed by atoms with Crippen molar-refractivity contribution in [3.05, 3.63) is 83.4 Å². The van der Waals surface area contributed by atoms with Crippen LogP contribution in [0.2, 0.25) is 0 Å². The summed E-state index contributed by atoms with van der Waals surface area (Å²) in [7, 11) is 3.48. The van der Waals surface area contributed by atoms with Gasteiger partial charge in [-0.05, 0) is 49.3 Å². The number of likely N-dealkylation sites (N-methyl/N-ethyl adjacent to an activating group) is 2. The lowest BCUT2D eigenvalue weighted by atomic mass is 9.76. The van der Waals surface area contributed by atoms with E-state index in [0.717, 1.165) is 17.5 Å². The van der Waals surface area contributed by atoms with E-state index in [-0.39, 0.29) is 29.5 Å². The van der Waals surface area contributed by atoms with Gasteiger partial charge in [0.2, 0.25) is 23.6 Å². The fourth-order valence-corrected chi connectivity index (χ4v) is 6.57. The Balaban J connectivity index is 1.78. The number of likely N-dealkylation sites (tertiary alicyclic amines) is 1. The predicted molar refractivity (Wildman–Crippen MR) is 192 cm³/mol. The monoisotopic (exact) mass is 659 g/mol. The van der Waals surface area contributed by atoms with E-state index in [1.54, 1.807) is 30.8 Å². The fraction of sp³-hybridized carbons (Fsp3) is 0.538. The molecule has 9 nitrogen and oxygen atoms in total. The van der Waals surface area contributed by atoms with Crippen molar-refractivity contribution in [2.45, 2.75) is 104 Å². The number of hydrogen-bond donors (Lipinski definition) is 3. The highest BCUT2D eigenvalue weighted by Crippen LogP contribution is 2.29. The van der Waals surface area contributed by atoms with Gasteiger partial charge in [0.15, 0.2) is 0 Å². The second-order valence-electron chi connectivity index (χ2n) is 15.0. The molecule has 2 aromatic rings. The zero-order valence-corrected chi connectivity index (χ0v) is 30.6. The van der Waals surface area contributed by atoms with E-state index in [0.29, 0.717) is 25.1 Å². The molecule has 3 rings (SSSR count). The highest BCUT2D eigenvalue weighted by molar-refractivity contribution is 5.97. The molecule has 0 spiro atoms. The third-order valence-electron chi connectivity index (χ3n) is 9.55. The van der Waals surface area contributed by atoms with Crippen LogP contribution in [-0.2, 0) is 31.1 Å². The molecule has 1 aliphatic heterocycles. The van der Waals surface area contributed by atoms with Crippen LogP contribution in [0.15, 0.2) is 72.3 Å². The molecule has 0 aliphatic carbocycles. The first kappa shape index (κ1) is 38.5. The van der Waals surface area contributed by atoms with E-state index in [1.165, 1.54) is 0 Å². The minimum atomic E-state index is -0.820. The molecule has 9 heteroatoms. The molecule has 3 N–H and O–H groups in total. The second kappa shape index (κ2) is 16.4. The van der Waals surface area contributed by atoms with Gasteiger partial charge in [-0.1, -0.05) is 115 Å². The summed E-state index contributed by atoms with van der Waals surface area (Å²) < 4.78 is 0. The number of carbonyl (C=O) groups is 4. The zero-order valence-electron chi connectivity index (χ0n) is 30.6. The standard InChI is InChI=1S/C39H57N5O4/c1-26(2)31(24-27(3)36(47)44-23-17-22-30(44)34(45)41-25-28-18-13-11-14-19-28)43(10)37(48)33(38(4,5)6)42-35(46)32(40-9)39(7,8)29-20-15-12-16-21-29/h11-16,18-21,24,26,30-33,40H,17,22-23,25H2,1-10H3,(H,41,45)(H,42,46)/b27-24+/t30-,31+,32+,33+/m0/s1. The van der Waals surface area contributed by atoms with Gasteiger partial charge in [-0.25, -0.2) is 0 Å². The lowest BCUT2D eigenvalue weighted by molar-refractivity contribution is -0.141. The molecule has 1 fully saturated rings. The molecule has 262 valence electrons. The number of nitrogens with one attached hydrogen (secondary N) is 3. The fourth-order valence-electron chi connectivity index (χ4n) is 6.57. The lowest BCUT2D eigenvalue weighted by Crippen LogP contribution is -2.61. The molecule has 4 amide bonds. The van der Waals surface area contributed by atoms with Gasteiger partial charge in [0.05, 0.1) is 12.1 Å². The van der Waals surface area contributed by atoms with Gasteiger partial charge in [0, 0.05) is 31.1 Å². The summed E-state index contributed by atoms with van der Waals surface area (Å²) in [5.41, 5.74) is 1.34. The molecule has 0 saturated carbocycles. The van der Waals surface area contributed by atoms with Gasteiger partial charge in [0.25, 0.3) is 0 Å². The maximum atomic E-state index is 14.3. The highest BCUT2D eigenvalue weighted by Gasteiger charge is 2.42. The van der Waals surface area contributed by atoms with Gasteiger partial charge in [-0.2, -0.15) is 0 Å². The van der Waals surface area contributed by atoms with Crippen LogP contribution in [0.3, 0.4) is 0 Å². The Morgan fingerprint density at radius 1 is 0.938 bits per heavy atom. The van der Waals surface area contributed by atoms with Crippen LogP contribution in [0.5, 0.6) is 0 Å². The van der Waals surface area contributed by atoms with Crippen LogP contribution in [0.4, 0.5) is 0 Å². The summed E-state index contributed by atoms with van der Waals surface area (Å²) >= 11 is 0. The van der Waals surface area contributed by atoms with Crippen molar-refractivity contribution in [1.29, 1.82) is 0 Å². The van der Waals surface area contributed by atoms with Gasteiger partial charge in [-0.15, -0.1) is 0 Å². The van der Waals surface area contributed by atoms with Crippen LogP contribution >= 0.6 is 0 Å². The van der Waals surface area contributed by atoms with Crippen molar-refractivity contribution in [3.8, 4) is 0 Å². The topological polar surface area (TPSA) is 111 Å². The van der Waals surface area contributed by atoms with Crippen molar-refractivity contribution >= 4 is 23.6 Å². The Morgan fingerprint density at radius 2 is 1.52 bits per heavy atom. The Hall–Kier alpha value is -3.98. The first-order valence-corrected chi connectivity index (χ1v) is 17.1. The molecule has 0 radical (unpaired) electrons. The van der Waals surface area contributed by atoms with Gasteiger partial charge in [-0.3, -0.25) is 19.2 Å². The summed E-state index contributed by atoms with van der Waals surface area (Å²) in [5, 5.41) is 9.26. The van der Waals surface area contributed by atoms with Crippen LogP contribution in [0, 0.1) is 11.3 Å². The maximum Gasteiger partial charge on any atom is 0.249 e. The predicted octanol–water partition coefficient (Wildman–Crippen LogP) is 4.82. The Bertz CT molecular complexity index is 1430. The number of rotatable bonds is 13. The molecule has 4 atom stereocenters. The van der Waals surface area contributed by atoms with Crippen LogP contribution in [-0.4, -0.2) is 78.2 Å². The zero-order chi connectivity index (χ0) is 35.8. The van der Waals surface area contributed by atoms with E-state index < -0.39 is 35.0 Å². The quantitative estimate of drug-likeness (QED) is 0.267. The number of hydrogen-bond acceptors (Lipinski definition) is 5. The molecular formula is C39H57N5O4. The Morgan fingerprint density at radius 3 is 2.06 bits per heavy atom. The second-order valence-corrected chi connectivity index (χ2v) is 15.0. The smallest absolute Gasteiger partial charge is 0.249 e. The van der Waals surface area contributed by atoms with Gasteiger partial charge in [0.1, 0.15) is 12.1 Å². The third kappa shape index (κ3) is 9.34. The van der Waals surface area contributed by atoms with E-state index in [9.17, 15) is 19.2 Å². The van der Waals surface area contributed by atoms with Crippen molar-refractivity contribution in [1.82, 2.24) is 25.8 Å². The van der Waals surface area contributed by atoms with Gasteiger partial charge >= 0.3 is 0 Å². The van der Waals surface area contributed by atoms with Crippen molar-refractivity contribution in [2.75, 3.05) is 20.6 Å². The SMILES string of the molecule is CN[C@H](C(=O)N[C@H](C(=O)N(C)[C@H](/C=C(\C)C(=O)N1CCC[C@H]1C(=O)NCc1ccccc1)C(C)C)C(C)(C)C)C(C)(C)c1ccccc1. The first-order chi connectivity index (χ1) is 22.5. The van der Waals surface area contributed by atoms with Crippen LogP contribution in [0.1, 0.15) is 79.4 Å². The number of amides is 4. The first-order valence-electron chi connectivity index (χ1n) is 17.1. The largest absolute Gasteiger partial charge is 0.350 e. The highest BCUT2D eigenvalue weighted by atomic mass is 16.2. The minimum Gasteiger partial charge on any atom is -0.350 e. The summed E-state index contributed by atoms with van der Waals surface area (Å²) in [6.45, 7) is 16.5. The Kier molecular flexibility index (Phi) is 13.2. The summed E-state index contributed by atoms with van der Waals surface area (Å²) in [6.07, 6.45) is 3.18. The summed E-state index contributed by atoms with van der Waals surface area (Å²) in [4.78, 5) is 58.3. The molecule has 1 heterocycles. The summed E-state index contributed by atoms with van der Waals surface area (Å²) in [6, 6.07) is 17.2. The molecule has 1 aliphatic rings. The van der Waals surface area contributed by atoms with Crippen LogP contribution < -0.4 is 16.0 Å². The number of carbonyl (C=O) groups excluding carboxylic acids is 4. The molecular weight excluding hydrogens is 602 g/mol. The van der Waals surface area contributed by atoms with E-state index in [1.807, 2.05) is 115 Å². The van der Waals surface area contributed by atoms with Crippen molar-refractivity contribution < 1.29 is 19.2 Å². The third-order valence-corrected chi connectivity index (χ3v) is 9.55. The molecule has 0 unspecified atom stereocenters. The molecule has 48 heavy (non-hydrogen) atoms. The van der Waals surface area contributed by atoms with Crippen molar-refractivity contribution in [2.24, 2.45) is 11.3 Å². The number of benzene rings is 2. The summed E-state index contributed by atoms with van der Waals surface area (Å²) in [5.74, 6) is -0.896. The molecule has 1 saturated heterocycles. The lowest BCUT2D eigenvalue weighted by Gasteiger charge is -2.40. The van der Waals surface area contributed by atoms with E-state index in [4.69, 9.17) is 0 Å². The van der Waals surface area contributed by atoms with E-state index in [2.05, 4.69) is 16.0 Å².